The van der Waals surface area contributed by atoms with Crippen molar-refractivity contribution in [2.24, 2.45) is 5.73 Å². The number of benzene rings is 1. The molecule has 0 aromatic heterocycles. The van der Waals surface area contributed by atoms with Gasteiger partial charge < -0.3 is 19.9 Å². The van der Waals surface area contributed by atoms with E-state index in [1.54, 1.807) is 18.2 Å². The first kappa shape index (κ1) is 12.3. The predicted octanol–water partition coefficient (Wildman–Crippen LogP) is 0.819. The minimum absolute atomic E-state index is 0.329. The lowest BCUT2D eigenvalue weighted by atomic mass is 10.2. The fourth-order valence-corrected chi connectivity index (χ4v) is 1.20. The van der Waals surface area contributed by atoms with Crippen molar-refractivity contribution in [1.82, 2.24) is 0 Å². The van der Waals surface area contributed by atoms with Crippen molar-refractivity contribution < 1.29 is 19.0 Å². The maximum atomic E-state index is 11.5. The molecule has 2 N–H and O–H groups in total. The van der Waals surface area contributed by atoms with Crippen LogP contribution < -0.4 is 15.2 Å². The summed E-state index contributed by atoms with van der Waals surface area (Å²) in [5, 5.41) is 0. The van der Waals surface area contributed by atoms with Gasteiger partial charge in [-0.25, -0.2) is 4.79 Å². The minimum Gasteiger partial charge on any atom is -0.497 e. The van der Waals surface area contributed by atoms with Crippen molar-refractivity contribution >= 4 is 5.97 Å². The molecule has 0 amide bonds. The van der Waals surface area contributed by atoms with Gasteiger partial charge in [-0.05, 0) is 18.2 Å². The summed E-state index contributed by atoms with van der Waals surface area (Å²) < 4.78 is 15.0. The Labute approximate surface area is 94.1 Å². The molecular weight excluding hydrogens is 210 g/mol. The zero-order valence-electron chi connectivity index (χ0n) is 9.36. The Morgan fingerprint density at radius 3 is 2.69 bits per heavy atom. The molecule has 0 radical (unpaired) electrons. The second kappa shape index (κ2) is 5.97. The third-order valence-electron chi connectivity index (χ3n) is 1.97. The number of rotatable bonds is 5. The molecule has 0 atom stereocenters. The van der Waals surface area contributed by atoms with E-state index in [0.29, 0.717) is 30.2 Å². The summed E-state index contributed by atoms with van der Waals surface area (Å²) in [4.78, 5) is 11.5. The highest BCUT2D eigenvalue weighted by Gasteiger charge is 2.14. The summed E-state index contributed by atoms with van der Waals surface area (Å²) in [7, 11) is 2.84. The minimum atomic E-state index is -0.467. The molecule has 0 unspecified atom stereocenters. The zero-order chi connectivity index (χ0) is 12.0. The fraction of sp³-hybridized carbons (Fsp3) is 0.364. The summed E-state index contributed by atoms with van der Waals surface area (Å²) in [6, 6.07) is 4.93. The predicted molar refractivity (Wildman–Crippen MR) is 58.9 cm³/mol. The Morgan fingerprint density at radius 1 is 1.38 bits per heavy atom. The van der Waals surface area contributed by atoms with Crippen LogP contribution in [-0.4, -0.2) is 33.3 Å². The average Bonchev–Trinajstić information content (AvgIpc) is 2.35. The Kier molecular flexibility index (Phi) is 4.60. The number of hydrogen-bond acceptors (Lipinski definition) is 5. The van der Waals surface area contributed by atoms with Crippen LogP contribution in [0.2, 0.25) is 0 Å². The molecule has 0 saturated heterocycles. The van der Waals surface area contributed by atoms with E-state index in [1.807, 2.05) is 0 Å². The van der Waals surface area contributed by atoms with Gasteiger partial charge >= 0.3 is 5.97 Å². The van der Waals surface area contributed by atoms with Crippen molar-refractivity contribution in [1.29, 1.82) is 0 Å². The third-order valence-corrected chi connectivity index (χ3v) is 1.97. The van der Waals surface area contributed by atoms with Crippen molar-refractivity contribution in [2.45, 2.75) is 0 Å². The Hall–Kier alpha value is -1.75. The largest absolute Gasteiger partial charge is 0.497 e. The number of esters is 1. The summed E-state index contributed by atoms with van der Waals surface area (Å²) in [5.74, 6) is 0.546. The van der Waals surface area contributed by atoms with Crippen molar-refractivity contribution in [2.75, 3.05) is 27.4 Å². The molecule has 0 fully saturated rings. The van der Waals surface area contributed by atoms with Gasteiger partial charge in [0, 0.05) is 6.54 Å². The molecule has 0 bridgehead atoms. The molecule has 1 rings (SSSR count). The van der Waals surface area contributed by atoms with Crippen LogP contribution in [0.25, 0.3) is 0 Å². The van der Waals surface area contributed by atoms with Crippen LogP contribution >= 0.6 is 0 Å². The zero-order valence-corrected chi connectivity index (χ0v) is 9.36. The highest BCUT2D eigenvalue weighted by Crippen LogP contribution is 2.24. The van der Waals surface area contributed by atoms with Gasteiger partial charge in [0.05, 0.1) is 14.2 Å². The van der Waals surface area contributed by atoms with Crippen LogP contribution in [0.5, 0.6) is 11.5 Å². The summed E-state index contributed by atoms with van der Waals surface area (Å²) >= 11 is 0. The van der Waals surface area contributed by atoms with Crippen LogP contribution in [0.1, 0.15) is 10.4 Å². The standard InChI is InChI=1S/C11H15NO4/c1-14-8-3-4-10(16-6-5-12)9(7-8)11(13)15-2/h3-4,7H,5-6,12H2,1-2H3. The molecule has 0 heterocycles. The Balaban J connectivity index is 3.01. The quantitative estimate of drug-likeness (QED) is 0.751. The van der Waals surface area contributed by atoms with E-state index in [2.05, 4.69) is 4.74 Å². The molecule has 0 spiro atoms. The normalized spacial score (nSPS) is 9.69. The molecule has 5 heteroatoms. The SMILES string of the molecule is COC(=O)c1cc(OC)ccc1OCCN. The lowest BCUT2D eigenvalue weighted by Gasteiger charge is -2.10. The van der Waals surface area contributed by atoms with Gasteiger partial charge in [-0.3, -0.25) is 0 Å². The number of methoxy groups -OCH3 is 2. The number of nitrogens with two attached hydrogens (primary N) is 1. The molecule has 16 heavy (non-hydrogen) atoms. The first-order chi connectivity index (χ1) is 7.72. The smallest absolute Gasteiger partial charge is 0.341 e. The van der Waals surface area contributed by atoms with Gasteiger partial charge in [0.2, 0.25) is 0 Å². The van der Waals surface area contributed by atoms with Gasteiger partial charge in [0.15, 0.2) is 0 Å². The van der Waals surface area contributed by atoms with E-state index in [-0.39, 0.29) is 0 Å². The first-order valence-electron chi connectivity index (χ1n) is 4.82. The van der Waals surface area contributed by atoms with Crippen molar-refractivity contribution in [3.05, 3.63) is 23.8 Å². The van der Waals surface area contributed by atoms with E-state index in [9.17, 15) is 4.79 Å². The highest BCUT2D eigenvalue weighted by atomic mass is 16.5. The molecule has 5 nitrogen and oxygen atoms in total. The van der Waals surface area contributed by atoms with Crippen molar-refractivity contribution in [3.63, 3.8) is 0 Å². The van der Waals surface area contributed by atoms with E-state index in [0.717, 1.165) is 0 Å². The van der Waals surface area contributed by atoms with E-state index in [1.165, 1.54) is 14.2 Å². The first-order valence-corrected chi connectivity index (χ1v) is 4.82. The topological polar surface area (TPSA) is 70.8 Å². The van der Waals surface area contributed by atoms with Crippen molar-refractivity contribution in [3.8, 4) is 11.5 Å². The van der Waals surface area contributed by atoms with E-state index >= 15 is 0 Å². The molecule has 1 aromatic carbocycles. The number of carbonyl (C=O) groups excluding carboxylic acids is 1. The number of ether oxygens (including phenoxy) is 3. The maximum absolute atomic E-state index is 11.5. The van der Waals surface area contributed by atoms with Gasteiger partial charge in [-0.1, -0.05) is 0 Å². The lowest BCUT2D eigenvalue weighted by molar-refractivity contribution is 0.0595. The van der Waals surface area contributed by atoms with Crippen LogP contribution in [0.15, 0.2) is 18.2 Å². The summed E-state index contributed by atoms with van der Waals surface area (Å²) in [6.07, 6.45) is 0. The van der Waals surface area contributed by atoms with Crippen LogP contribution in [-0.2, 0) is 4.74 Å². The van der Waals surface area contributed by atoms with Crippen LogP contribution in [0.3, 0.4) is 0 Å². The highest BCUT2D eigenvalue weighted by molar-refractivity contribution is 5.92. The van der Waals surface area contributed by atoms with E-state index in [4.69, 9.17) is 15.2 Å². The molecule has 88 valence electrons. The fourth-order valence-electron chi connectivity index (χ4n) is 1.20. The summed E-state index contributed by atoms with van der Waals surface area (Å²) in [5.41, 5.74) is 5.65. The molecule has 0 aliphatic rings. The molecular formula is C11H15NO4. The van der Waals surface area contributed by atoms with Gasteiger partial charge in [-0.2, -0.15) is 0 Å². The van der Waals surface area contributed by atoms with Crippen LogP contribution in [0, 0.1) is 0 Å². The Morgan fingerprint density at radius 2 is 2.12 bits per heavy atom. The molecule has 0 aliphatic carbocycles. The lowest BCUT2D eigenvalue weighted by Crippen LogP contribution is -2.13. The Bertz CT molecular complexity index is 365. The molecule has 0 saturated carbocycles. The maximum Gasteiger partial charge on any atom is 0.341 e. The van der Waals surface area contributed by atoms with Crippen LogP contribution in [0.4, 0.5) is 0 Å². The monoisotopic (exact) mass is 225 g/mol. The second-order valence-electron chi connectivity index (χ2n) is 2.99. The van der Waals surface area contributed by atoms with E-state index < -0.39 is 5.97 Å². The van der Waals surface area contributed by atoms with Gasteiger partial charge in [0.1, 0.15) is 23.7 Å². The molecule has 0 aliphatic heterocycles. The average molecular weight is 225 g/mol. The third kappa shape index (κ3) is 2.87. The number of hydrogen-bond donors (Lipinski definition) is 1. The molecule has 1 aromatic rings. The number of carbonyl (C=O) groups is 1. The van der Waals surface area contributed by atoms with Gasteiger partial charge in [0.25, 0.3) is 0 Å². The van der Waals surface area contributed by atoms with Gasteiger partial charge in [-0.15, -0.1) is 0 Å². The summed E-state index contributed by atoms with van der Waals surface area (Å²) in [6.45, 7) is 0.725. The second-order valence-corrected chi connectivity index (χ2v) is 2.99.